The van der Waals surface area contributed by atoms with Crippen molar-refractivity contribution in [3.63, 3.8) is 0 Å². The summed E-state index contributed by atoms with van der Waals surface area (Å²) in [6, 6.07) is 92.2. The van der Waals surface area contributed by atoms with Gasteiger partial charge >= 0.3 is 0 Å². The Hall–Kier alpha value is -9.82. The standard InChI is InChI=1S/C21H14O.2C21H14.C15H12/c1-22-19-12-11-17-15-8-3-6-13-5-2-7-14(20(13)15)16-9-4-10-18(19)21(16)17;1-13-11-12-19-17-9-3-6-14-5-2-8-16(20(14)17)18-10-4-7-15(13)21(18)19;1-13-16-7-2-3-8-18(16)19-12-10-15-6-4-5-14-9-11-17(13)21(19)20(14)15;1-11-10-12-6-2-3-8-14(12)15-9-5-4-7-13(11)15/h2-12H,1H3;2*2-12H,1H3;2-10H,1H3. The molecule has 0 aliphatic carbocycles. The van der Waals surface area contributed by atoms with Crippen molar-refractivity contribution in [2.75, 3.05) is 7.11 Å². The Labute approximate surface area is 458 Å². The summed E-state index contributed by atoms with van der Waals surface area (Å²) in [6.45, 7) is 6.62. The first-order valence-corrected chi connectivity index (χ1v) is 27.5. The van der Waals surface area contributed by atoms with Crippen molar-refractivity contribution in [3.05, 3.63) is 271 Å². The van der Waals surface area contributed by atoms with Crippen LogP contribution in [0, 0.1) is 20.8 Å². The molecule has 0 radical (unpaired) electrons. The lowest BCUT2D eigenvalue weighted by Crippen LogP contribution is -1.89. The predicted molar refractivity (Wildman–Crippen MR) is 345 cm³/mol. The van der Waals surface area contributed by atoms with Gasteiger partial charge in [0.15, 0.2) is 0 Å². The summed E-state index contributed by atoms with van der Waals surface area (Å²) in [7, 11) is 1.74. The van der Waals surface area contributed by atoms with Crippen LogP contribution < -0.4 is 4.74 Å². The van der Waals surface area contributed by atoms with Crippen molar-refractivity contribution in [1.29, 1.82) is 0 Å². The third kappa shape index (κ3) is 7.23. The number of methoxy groups -OCH3 is 1. The van der Waals surface area contributed by atoms with E-state index in [1.54, 1.807) is 7.11 Å². The maximum absolute atomic E-state index is 5.57. The molecule has 79 heavy (non-hydrogen) atoms. The topological polar surface area (TPSA) is 9.23 Å². The summed E-state index contributed by atoms with van der Waals surface area (Å²) in [5.41, 5.74) is 4.09. The molecule has 1 nitrogen and oxygen atoms in total. The van der Waals surface area contributed by atoms with Crippen LogP contribution in [0.5, 0.6) is 5.75 Å². The second-order valence-electron chi connectivity index (χ2n) is 21.4. The largest absolute Gasteiger partial charge is 0.496 e. The Morgan fingerprint density at radius 3 is 1.14 bits per heavy atom. The van der Waals surface area contributed by atoms with Crippen LogP contribution in [0.3, 0.4) is 0 Å². The van der Waals surface area contributed by atoms with E-state index in [4.69, 9.17) is 4.74 Å². The molecule has 18 rings (SSSR count). The van der Waals surface area contributed by atoms with Gasteiger partial charge < -0.3 is 4.74 Å². The third-order valence-electron chi connectivity index (χ3n) is 17.2. The fraction of sp³-hybridized carbons (Fsp3) is 0.0513. The smallest absolute Gasteiger partial charge is 0.126 e. The van der Waals surface area contributed by atoms with Gasteiger partial charge in [0.2, 0.25) is 0 Å². The van der Waals surface area contributed by atoms with Gasteiger partial charge in [-0.1, -0.05) is 249 Å². The van der Waals surface area contributed by atoms with Crippen LogP contribution in [-0.4, -0.2) is 7.11 Å². The molecule has 18 aromatic rings. The minimum atomic E-state index is 0.937. The fourth-order valence-electron chi connectivity index (χ4n) is 13.6. The van der Waals surface area contributed by atoms with Gasteiger partial charge in [-0.2, -0.15) is 0 Å². The van der Waals surface area contributed by atoms with E-state index in [-0.39, 0.29) is 0 Å². The SMILES string of the molecule is COc1ccc2c3cccc4cccc(c5cccc1c52)c43.Cc1c2ccccc2c2ccc3cccc4ccc1c2c43.Cc1cc2ccccc2c2ccccc12.Cc1ccc2c3cccc4cccc(c5cccc1c52)c43. The molecule has 0 fully saturated rings. The van der Waals surface area contributed by atoms with Gasteiger partial charge in [-0.05, 0) is 184 Å². The normalized spacial score (nSPS) is 11.8. The molecule has 0 saturated carbocycles. The summed E-state index contributed by atoms with van der Waals surface area (Å²) >= 11 is 0. The first kappa shape index (κ1) is 46.5. The van der Waals surface area contributed by atoms with Crippen molar-refractivity contribution < 1.29 is 4.74 Å². The Morgan fingerprint density at radius 2 is 0.557 bits per heavy atom. The quantitative estimate of drug-likeness (QED) is 0.118. The number of fused-ring (bicyclic) bond motifs is 9. The third-order valence-corrected chi connectivity index (χ3v) is 17.2. The predicted octanol–water partition coefficient (Wildman–Crippen LogP) is 22.1. The zero-order valence-corrected chi connectivity index (χ0v) is 44.7. The van der Waals surface area contributed by atoms with Gasteiger partial charge in [0, 0.05) is 10.8 Å². The van der Waals surface area contributed by atoms with Crippen LogP contribution in [-0.2, 0) is 0 Å². The van der Waals surface area contributed by atoms with E-state index in [1.165, 1.54) is 168 Å². The number of aryl methyl sites for hydroxylation is 3. The van der Waals surface area contributed by atoms with Crippen molar-refractivity contribution in [2.45, 2.75) is 20.8 Å². The van der Waals surface area contributed by atoms with Gasteiger partial charge in [-0.15, -0.1) is 0 Å². The summed E-state index contributed by atoms with van der Waals surface area (Å²) in [5.74, 6) is 0.937. The van der Waals surface area contributed by atoms with Crippen LogP contribution in [0.25, 0.3) is 151 Å². The van der Waals surface area contributed by atoms with Gasteiger partial charge in [0.05, 0.1) is 7.11 Å². The molecule has 0 amide bonds. The van der Waals surface area contributed by atoms with Crippen LogP contribution in [0.2, 0.25) is 0 Å². The number of ether oxygens (including phenoxy) is 1. The Bertz CT molecular complexity index is 5280. The molecule has 0 heterocycles. The molecule has 0 aliphatic heterocycles. The van der Waals surface area contributed by atoms with E-state index < -0.39 is 0 Å². The highest BCUT2D eigenvalue weighted by molar-refractivity contribution is 6.35. The number of hydrogen-bond donors (Lipinski definition) is 0. The summed E-state index contributed by atoms with van der Waals surface area (Å²) < 4.78 is 5.57. The van der Waals surface area contributed by atoms with Crippen molar-refractivity contribution >= 4 is 151 Å². The molecule has 0 bridgehead atoms. The number of rotatable bonds is 1. The molecule has 1 heteroatoms. The second kappa shape index (κ2) is 18.4. The van der Waals surface area contributed by atoms with Gasteiger partial charge in [-0.25, -0.2) is 0 Å². The highest BCUT2D eigenvalue weighted by atomic mass is 16.5. The van der Waals surface area contributed by atoms with Gasteiger partial charge in [-0.3, -0.25) is 0 Å². The molecule has 0 aliphatic rings. The highest BCUT2D eigenvalue weighted by Crippen LogP contribution is 2.45. The number of hydrogen-bond acceptors (Lipinski definition) is 1. The van der Waals surface area contributed by atoms with E-state index in [0.29, 0.717) is 0 Å². The molecular formula is C78H54O. The van der Waals surface area contributed by atoms with Crippen molar-refractivity contribution in [3.8, 4) is 5.75 Å². The van der Waals surface area contributed by atoms with Gasteiger partial charge in [0.25, 0.3) is 0 Å². The lowest BCUT2D eigenvalue weighted by Gasteiger charge is -2.15. The molecular weight excluding hydrogens is 953 g/mol. The maximum atomic E-state index is 5.57. The zero-order chi connectivity index (χ0) is 52.9. The average Bonchev–Trinajstić information content (AvgIpc) is 3.66. The first-order chi connectivity index (χ1) is 38.9. The van der Waals surface area contributed by atoms with Crippen molar-refractivity contribution in [2.24, 2.45) is 0 Å². The van der Waals surface area contributed by atoms with Crippen LogP contribution >= 0.6 is 0 Å². The van der Waals surface area contributed by atoms with Crippen LogP contribution in [0.1, 0.15) is 16.7 Å². The molecule has 0 saturated heterocycles. The second-order valence-corrected chi connectivity index (χ2v) is 21.4. The molecule has 0 aromatic heterocycles. The Balaban J connectivity index is 0.0000000921. The molecule has 0 N–H and O–H groups in total. The number of benzene rings is 18. The lowest BCUT2D eigenvalue weighted by atomic mass is 9.88. The molecule has 0 spiro atoms. The summed E-state index contributed by atoms with van der Waals surface area (Å²) in [4.78, 5) is 0. The van der Waals surface area contributed by atoms with E-state index in [9.17, 15) is 0 Å². The fourth-order valence-corrected chi connectivity index (χ4v) is 13.6. The van der Waals surface area contributed by atoms with E-state index in [2.05, 4.69) is 276 Å². The Kier molecular flexibility index (Phi) is 10.8. The molecule has 372 valence electrons. The van der Waals surface area contributed by atoms with E-state index >= 15 is 0 Å². The lowest BCUT2D eigenvalue weighted by molar-refractivity contribution is 0.420. The monoisotopic (exact) mass is 1010 g/mol. The maximum Gasteiger partial charge on any atom is 0.126 e. The van der Waals surface area contributed by atoms with Crippen LogP contribution in [0.4, 0.5) is 0 Å². The van der Waals surface area contributed by atoms with E-state index in [0.717, 1.165) is 5.75 Å². The zero-order valence-electron chi connectivity index (χ0n) is 44.7. The first-order valence-electron chi connectivity index (χ1n) is 27.5. The van der Waals surface area contributed by atoms with Crippen LogP contribution in [0.15, 0.2) is 255 Å². The van der Waals surface area contributed by atoms with Gasteiger partial charge in [0.1, 0.15) is 5.75 Å². The minimum Gasteiger partial charge on any atom is -0.496 e. The minimum absolute atomic E-state index is 0.937. The molecule has 0 atom stereocenters. The molecule has 0 unspecified atom stereocenters. The summed E-state index contributed by atoms with van der Waals surface area (Å²) in [6.07, 6.45) is 0. The molecule has 18 aromatic carbocycles. The van der Waals surface area contributed by atoms with Crippen molar-refractivity contribution in [1.82, 2.24) is 0 Å². The average molecular weight is 1010 g/mol. The Morgan fingerprint density at radius 1 is 0.203 bits per heavy atom. The van der Waals surface area contributed by atoms with E-state index in [1.807, 2.05) is 0 Å². The summed E-state index contributed by atoms with van der Waals surface area (Å²) in [5, 5.41) is 37.7. The highest BCUT2D eigenvalue weighted by Gasteiger charge is 2.17.